The number of fused-ring (bicyclic) bond motifs is 1. The van der Waals surface area contributed by atoms with Crippen molar-refractivity contribution in [2.45, 2.75) is 20.8 Å². The molecule has 0 aromatic carbocycles. The second kappa shape index (κ2) is 3.78. The Bertz CT molecular complexity index is 745. The smallest absolute Gasteiger partial charge is 0.199 e. The average Bonchev–Trinajstić information content (AvgIpc) is 2.91. The summed E-state index contributed by atoms with van der Waals surface area (Å²) in [6.07, 6.45) is 0. The van der Waals surface area contributed by atoms with Crippen molar-refractivity contribution < 1.29 is 4.52 Å². The van der Waals surface area contributed by atoms with Gasteiger partial charge < -0.3 is 4.52 Å². The molecule has 0 amide bonds. The van der Waals surface area contributed by atoms with E-state index in [-0.39, 0.29) is 0 Å². The highest BCUT2D eigenvalue weighted by atomic mass is 35.5. The molecule has 0 spiro atoms. The highest BCUT2D eigenvalue weighted by Gasteiger charge is 2.17. The van der Waals surface area contributed by atoms with Crippen LogP contribution in [0, 0.1) is 20.8 Å². The number of halogens is 1. The standard InChI is InChI=1S/C11H10ClN5O/c1-5-4-8(16-18-5)10-14-15-11-9(12)13-6(2)7(3)17(10)11/h4H,1-3H3. The average molecular weight is 264 g/mol. The number of aryl methyl sites for hydroxylation is 3. The summed E-state index contributed by atoms with van der Waals surface area (Å²) >= 11 is 6.06. The Morgan fingerprint density at radius 1 is 1.22 bits per heavy atom. The van der Waals surface area contributed by atoms with E-state index in [2.05, 4.69) is 20.3 Å². The third kappa shape index (κ3) is 1.49. The second-order valence-electron chi connectivity index (χ2n) is 4.08. The molecule has 0 N–H and O–H groups in total. The first-order valence-corrected chi connectivity index (χ1v) is 5.77. The topological polar surface area (TPSA) is 69.1 Å². The van der Waals surface area contributed by atoms with E-state index >= 15 is 0 Å². The lowest BCUT2D eigenvalue weighted by atomic mass is 10.3. The zero-order valence-electron chi connectivity index (χ0n) is 10.1. The van der Waals surface area contributed by atoms with Gasteiger partial charge in [-0.1, -0.05) is 16.8 Å². The summed E-state index contributed by atoms with van der Waals surface area (Å²) in [6, 6.07) is 1.81. The highest BCUT2D eigenvalue weighted by Crippen LogP contribution is 2.23. The predicted octanol–water partition coefficient (Wildman–Crippen LogP) is 2.36. The van der Waals surface area contributed by atoms with Crippen molar-refractivity contribution in [3.05, 3.63) is 28.4 Å². The van der Waals surface area contributed by atoms with Gasteiger partial charge in [0.1, 0.15) is 5.76 Å². The molecule has 7 heteroatoms. The van der Waals surface area contributed by atoms with Crippen LogP contribution in [-0.4, -0.2) is 24.7 Å². The zero-order valence-corrected chi connectivity index (χ0v) is 10.9. The molecule has 0 aliphatic carbocycles. The fraction of sp³-hybridized carbons (Fsp3) is 0.273. The van der Waals surface area contributed by atoms with Gasteiger partial charge in [0, 0.05) is 11.8 Å². The Kier molecular flexibility index (Phi) is 2.34. The minimum atomic E-state index is 0.331. The Morgan fingerprint density at radius 2 is 2.00 bits per heavy atom. The molecular formula is C11H10ClN5O. The van der Waals surface area contributed by atoms with Gasteiger partial charge in [-0.25, -0.2) is 4.98 Å². The number of hydrogen-bond acceptors (Lipinski definition) is 5. The number of aromatic nitrogens is 5. The Balaban J connectivity index is 2.38. The van der Waals surface area contributed by atoms with Gasteiger partial charge in [-0.05, 0) is 20.8 Å². The van der Waals surface area contributed by atoms with E-state index in [1.807, 2.05) is 25.2 Å². The first kappa shape index (κ1) is 11.2. The van der Waals surface area contributed by atoms with Gasteiger partial charge in [0.05, 0.1) is 5.69 Å². The maximum atomic E-state index is 6.06. The van der Waals surface area contributed by atoms with Gasteiger partial charge >= 0.3 is 0 Å². The summed E-state index contributed by atoms with van der Waals surface area (Å²) in [6.45, 7) is 5.65. The van der Waals surface area contributed by atoms with Crippen LogP contribution in [0.4, 0.5) is 0 Å². The van der Waals surface area contributed by atoms with Crippen molar-refractivity contribution in [3.8, 4) is 11.5 Å². The maximum Gasteiger partial charge on any atom is 0.199 e. The summed E-state index contributed by atoms with van der Waals surface area (Å²) in [7, 11) is 0. The van der Waals surface area contributed by atoms with Crippen LogP contribution in [0.2, 0.25) is 5.15 Å². The molecule has 92 valence electrons. The summed E-state index contributed by atoms with van der Waals surface area (Å²) in [5.74, 6) is 1.32. The monoisotopic (exact) mass is 263 g/mol. The summed E-state index contributed by atoms with van der Waals surface area (Å²) in [5.41, 5.74) is 2.91. The van der Waals surface area contributed by atoms with E-state index in [1.54, 1.807) is 6.07 Å². The molecule has 0 fully saturated rings. The van der Waals surface area contributed by atoms with E-state index in [9.17, 15) is 0 Å². The van der Waals surface area contributed by atoms with E-state index < -0.39 is 0 Å². The molecule has 0 aliphatic heterocycles. The van der Waals surface area contributed by atoms with Gasteiger partial charge in [0.15, 0.2) is 22.3 Å². The Labute approximate surface area is 108 Å². The summed E-state index contributed by atoms with van der Waals surface area (Å²) < 4.78 is 6.89. The molecule has 0 aliphatic rings. The van der Waals surface area contributed by atoms with Crippen LogP contribution in [0.15, 0.2) is 10.6 Å². The molecule has 0 atom stereocenters. The van der Waals surface area contributed by atoms with Crippen molar-refractivity contribution in [2.24, 2.45) is 0 Å². The quantitative estimate of drug-likeness (QED) is 0.674. The molecule has 0 unspecified atom stereocenters. The minimum absolute atomic E-state index is 0.331. The second-order valence-corrected chi connectivity index (χ2v) is 4.44. The SMILES string of the molecule is Cc1cc(-c2nnc3c(Cl)nc(C)c(C)n23)no1. The third-order valence-corrected chi connectivity index (χ3v) is 3.08. The van der Waals surface area contributed by atoms with Crippen LogP contribution in [-0.2, 0) is 0 Å². The fourth-order valence-electron chi connectivity index (χ4n) is 1.81. The molecule has 0 radical (unpaired) electrons. The molecule has 3 aromatic rings. The van der Waals surface area contributed by atoms with Crippen molar-refractivity contribution in [1.82, 2.24) is 24.7 Å². The van der Waals surface area contributed by atoms with Crippen molar-refractivity contribution in [3.63, 3.8) is 0 Å². The lowest BCUT2D eigenvalue weighted by molar-refractivity contribution is 0.399. The number of rotatable bonds is 1. The van der Waals surface area contributed by atoms with E-state index in [1.165, 1.54) is 0 Å². The van der Waals surface area contributed by atoms with E-state index in [0.29, 0.717) is 22.3 Å². The third-order valence-electron chi connectivity index (χ3n) is 2.83. The van der Waals surface area contributed by atoms with Crippen molar-refractivity contribution in [1.29, 1.82) is 0 Å². The van der Waals surface area contributed by atoms with Gasteiger partial charge in [0.2, 0.25) is 0 Å². The van der Waals surface area contributed by atoms with E-state index in [4.69, 9.17) is 16.1 Å². The molecule has 0 saturated heterocycles. The maximum absolute atomic E-state index is 6.06. The highest BCUT2D eigenvalue weighted by molar-refractivity contribution is 6.32. The molecule has 0 saturated carbocycles. The van der Waals surface area contributed by atoms with Crippen molar-refractivity contribution in [2.75, 3.05) is 0 Å². The molecule has 6 nitrogen and oxygen atoms in total. The molecule has 0 bridgehead atoms. The Hall–Kier alpha value is -1.95. The van der Waals surface area contributed by atoms with Gasteiger partial charge in [0.25, 0.3) is 0 Å². The molecule has 18 heavy (non-hydrogen) atoms. The van der Waals surface area contributed by atoms with Crippen LogP contribution >= 0.6 is 11.6 Å². The minimum Gasteiger partial charge on any atom is -0.361 e. The van der Waals surface area contributed by atoms with Gasteiger partial charge in [-0.2, -0.15) is 0 Å². The summed E-state index contributed by atoms with van der Waals surface area (Å²) in [4.78, 5) is 4.21. The van der Waals surface area contributed by atoms with Crippen LogP contribution in [0.1, 0.15) is 17.1 Å². The van der Waals surface area contributed by atoms with Gasteiger partial charge in [-0.3, -0.25) is 4.40 Å². The van der Waals surface area contributed by atoms with E-state index in [0.717, 1.165) is 17.1 Å². The Morgan fingerprint density at radius 3 is 2.67 bits per heavy atom. The predicted molar refractivity (Wildman–Crippen MR) is 65.5 cm³/mol. The lowest BCUT2D eigenvalue weighted by Crippen LogP contribution is -2.00. The molecule has 3 aromatic heterocycles. The van der Waals surface area contributed by atoms with Crippen LogP contribution in [0.3, 0.4) is 0 Å². The first-order chi connectivity index (χ1) is 8.58. The normalized spacial score (nSPS) is 11.3. The number of nitrogens with zero attached hydrogens (tertiary/aromatic N) is 5. The fourth-order valence-corrected chi connectivity index (χ4v) is 2.06. The lowest BCUT2D eigenvalue weighted by Gasteiger charge is -2.05. The van der Waals surface area contributed by atoms with Crippen LogP contribution in [0.5, 0.6) is 0 Å². The van der Waals surface area contributed by atoms with Crippen molar-refractivity contribution >= 4 is 17.2 Å². The van der Waals surface area contributed by atoms with Crippen LogP contribution in [0.25, 0.3) is 17.2 Å². The van der Waals surface area contributed by atoms with Gasteiger partial charge in [-0.15, -0.1) is 10.2 Å². The largest absolute Gasteiger partial charge is 0.361 e. The molecule has 3 rings (SSSR count). The molecule has 3 heterocycles. The number of hydrogen-bond donors (Lipinski definition) is 0. The first-order valence-electron chi connectivity index (χ1n) is 5.39. The molecular weight excluding hydrogens is 254 g/mol. The van der Waals surface area contributed by atoms with Crippen LogP contribution < -0.4 is 0 Å². The zero-order chi connectivity index (χ0) is 12.9. The summed E-state index contributed by atoms with van der Waals surface area (Å²) in [5, 5.41) is 12.4.